The quantitative estimate of drug-likeness (QED) is 0.914. The van der Waals surface area contributed by atoms with Crippen molar-refractivity contribution in [3.05, 3.63) is 47.1 Å². The maximum Gasteiger partial charge on any atom is 0.124 e. The molecule has 1 aromatic carbocycles. The fourth-order valence-electron chi connectivity index (χ4n) is 1.93. The monoisotopic (exact) mass is 277 g/mol. The molecule has 0 aromatic heterocycles. The molecule has 0 radical (unpaired) electrons. The van der Waals surface area contributed by atoms with Gasteiger partial charge in [-0.2, -0.15) is 0 Å². The lowest BCUT2D eigenvalue weighted by Crippen LogP contribution is -2.33. The number of nitrogens with one attached hydrogen (secondary N) is 1. The molecule has 3 nitrogen and oxygen atoms in total. The van der Waals surface area contributed by atoms with Crippen LogP contribution >= 0.6 is 11.6 Å². The molecule has 19 heavy (non-hydrogen) atoms. The average Bonchev–Trinajstić information content (AvgIpc) is 2.39. The SMILES string of the molecule is CC(NC1=NCN(C(C)C)C=C1)c1cccc(Cl)c1. The molecule has 0 saturated heterocycles. The van der Waals surface area contributed by atoms with E-state index in [0.29, 0.717) is 12.7 Å². The van der Waals surface area contributed by atoms with Crippen molar-refractivity contribution in [2.24, 2.45) is 4.99 Å². The van der Waals surface area contributed by atoms with Crippen LogP contribution < -0.4 is 5.32 Å². The molecule has 1 unspecified atom stereocenters. The van der Waals surface area contributed by atoms with Crippen LogP contribution in [0.3, 0.4) is 0 Å². The lowest BCUT2D eigenvalue weighted by atomic mass is 10.1. The van der Waals surface area contributed by atoms with E-state index in [1.54, 1.807) is 0 Å². The van der Waals surface area contributed by atoms with Gasteiger partial charge in [0, 0.05) is 23.3 Å². The zero-order chi connectivity index (χ0) is 13.8. The Hall–Kier alpha value is -1.48. The average molecular weight is 278 g/mol. The van der Waals surface area contributed by atoms with E-state index < -0.39 is 0 Å². The van der Waals surface area contributed by atoms with Crippen molar-refractivity contribution in [1.29, 1.82) is 0 Å². The Morgan fingerprint density at radius 3 is 2.68 bits per heavy atom. The molecule has 0 aliphatic carbocycles. The van der Waals surface area contributed by atoms with Gasteiger partial charge in [0.1, 0.15) is 12.5 Å². The van der Waals surface area contributed by atoms with Gasteiger partial charge < -0.3 is 10.2 Å². The molecular formula is C15H20ClN3. The van der Waals surface area contributed by atoms with E-state index >= 15 is 0 Å². The van der Waals surface area contributed by atoms with Gasteiger partial charge in [-0.1, -0.05) is 23.7 Å². The molecule has 0 amide bonds. The molecule has 1 aliphatic heterocycles. The fourth-order valence-corrected chi connectivity index (χ4v) is 2.13. The molecule has 2 rings (SSSR count). The summed E-state index contributed by atoms with van der Waals surface area (Å²) in [7, 11) is 0. The largest absolute Gasteiger partial charge is 0.364 e. The van der Waals surface area contributed by atoms with Crippen LogP contribution in [0.15, 0.2) is 41.5 Å². The van der Waals surface area contributed by atoms with E-state index in [2.05, 4.69) is 48.2 Å². The van der Waals surface area contributed by atoms with Crippen molar-refractivity contribution < 1.29 is 0 Å². The molecule has 1 aliphatic rings. The number of nitrogens with zero attached hydrogens (tertiary/aromatic N) is 2. The van der Waals surface area contributed by atoms with Crippen LogP contribution in [0.25, 0.3) is 0 Å². The first-order valence-electron chi connectivity index (χ1n) is 6.56. The second-order valence-electron chi connectivity index (χ2n) is 5.03. The summed E-state index contributed by atoms with van der Waals surface area (Å²) < 4.78 is 0. The van der Waals surface area contributed by atoms with Gasteiger partial charge in [-0.05, 0) is 44.5 Å². The Kier molecular flexibility index (Phi) is 4.48. The lowest BCUT2D eigenvalue weighted by molar-refractivity contribution is 0.317. The second kappa shape index (κ2) is 6.11. The minimum Gasteiger partial charge on any atom is -0.364 e. The maximum absolute atomic E-state index is 6.01. The molecule has 1 N–H and O–H groups in total. The molecule has 0 fully saturated rings. The van der Waals surface area contributed by atoms with Gasteiger partial charge in [-0.15, -0.1) is 0 Å². The summed E-state index contributed by atoms with van der Waals surface area (Å²) in [5.41, 5.74) is 1.16. The van der Waals surface area contributed by atoms with Crippen LogP contribution in [0, 0.1) is 0 Å². The number of halogens is 1. The van der Waals surface area contributed by atoms with Crippen molar-refractivity contribution in [2.45, 2.75) is 32.9 Å². The van der Waals surface area contributed by atoms with Crippen molar-refractivity contribution in [2.75, 3.05) is 6.67 Å². The van der Waals surface area contributed by atoms with Crippen molar-refractivity contribution in [3.8, 4) is 0 Å². The highest BCUT2D eigenvalue weighted by atomic mass is 35.5. The van der Waals surface area contributed by atoms with Gasteiger partial charge in [-0.25, -0.2) is 4.99 Å². The molecule has 1 heterocycles. The predicted octanol–water partition coefficient (Wildman–Crippen LogP) is 3.58. The van der Waals surface area contributed by atoms with E-state index in [1.807, 2.05) is 24.3 Å². The topological polar surface area (TPSA) is 27.6 Å². The predicted molar refractivity (Wildman–Crippen MR) is 81.4 cm³/mol. The number of benzene rings is 1. The van der Waals surface area contributed by atoms with Crippen molar-refractivity contribution in [1.82, 2.24) is 10.2 Å². The highest BCUT2D eigenvalue weighted by Crippen LogP contribution is 2.17. The van der Waals surface area contributed by atoms with E-state index in [9.17, 15) is 0 Å². The number of aliphatic imine (C=N–C) groups is 1. The molecule has 1 aromatic rings. The lowest BCUT2D eigenvalue weighted by Gasteiger charge is -2.27. The number of hydrogen-bond donors (Lipinski definition) is 1. The van der Waals surface area contributed by atoms with Crippen LogP contribution in [-0.2, 0) is 0 Å². The third kappa shape index (κ3) is 3.74. The first kappa shape index (κ1) is 13.9. The summed E-state index contributed by atoms with van der Waals surface area (Å²) in [6.45, 7) is 7.13. The first-order chi connectivity index (χ1) is 9.06. The molecule has 4 heteroatoms. The number of rotatable bonds is 3. The Bertz CT molecular complexity index is 494. The highest BCUT2D eigenvalue weighted by Gasteiger charge is 2.11. The Balaban J connectivity index is 1.97. The van der Waals surface area contributed by atoms with Crippen molar-refractivity contribution in [3.63, 3.8) is 0 Å². The molecule has 0 spiro atoms. The van der Waals surface area contributed by atoms with Crippen LogP contribution in [0.4, 0.5) is 0 Å². The Morgan fingerprint density at radius 1 is 1.32 bits per heavy atom. The van der Waals surface area contributed by atoms with Gasteiger partial charge in [-0.3, -0.25) is 0 Å². The van der Waals surface area contributed by atoms with E-state index in [1.165, 1.54) is 0 Å². The van der Waals surface area contributed by atoms with Crippen LogP contribution in [0.2, 0.25) is 5.02 Å². The van der Waals surface area contributed by atoms with Gasteiger partial charge in [0.2, 0.25) is 0 Å². The first-order valence-corrected chi connectivity index (χ1v) is 6.94. The van der Waals surface area contributed by atoms with Crippen molar-refractivity contribution >= 4 is 17.4 Å². The summed E-state index contributed by atoms with van der Waals surface area (Å²) in [6.07, 6.45) is 4.11. The summed E-state index contributed by atoms with van der Waals surface area (Å²) in [5, 5.41) is 4.16. The number of hydrogen-bond acceptors (Lipinski definition) is 3. The minimum atomic E-state index is 0.188. The normalized spacial score (nSPS) is 16.5. The van der Waals surface area contributed by atoms with Gasteiger partial charge >= 0.3 is 0 Å². The van der Waals surface area contributed by atoms with E-state index in [4.69, 9.17) is 11.6 Å². The van der Waals surface area contributed by atoms with E-state index in [-0.39, 0.29) is 6.04 Å². The van der Waals surface area contributed by atoms with Gasteiger partial charge in [0.05, 0.1) is 0 Å². The fraction of sp³-hybridized carbons (Fsp3) is 0.400. The van der Waals surface area contributed by atoms with Gasteiger partial charge in [0.25, 0.3) is 0 Å². The van der Waals surface area contributed by atoms with E-state index in [0.717, 1.165) is 16.4 Å². The smallest absolute Gasteiger partial charge is 0.124 e. The van der Waals surface area contributed by atoms with Crippen LogP contribution in [-0.4, -0.2) is 23.4 Å². The third-order valence-corrected chi connectivity index (χ3v) is 3.44. The second-order valence-corrected chi connectivity index (χ2v) is 5.47. The summed E-state index contributed by atoms with van der Waals surface area (Å²) in [4.78, 5) is 6.72. The standard InChI is InChI=1S/C15H20ClN3/c1-11(2)19-8-7-15(17-10-19)18-12(3)13-5-4-6-14(16)9-13/h4-9,11-12H,10H2,1-3H3,(H,17,18). The molecule has 102 valence electrons. The summed E-state index contributed by atoms with van der Waals surface area (Å²) in [5.74, 6) is 0.921. The molecule has 0 bridgehead atoms. The number of amidine groups is 1. The zero-order valence-electron chi connectivity index (χ0n) is 11.6. The van der Waals surface area contributed by atoms with Crippen LogP contribution in [0.5, 0.6) is 0 Å². The molecule has 1 atom stereocenters. The zero-order valence-corrected chi connectivity index (χ0v) is 12.4. The summed E-state index contributed by atoms with van der Waals surface area (Å²) in [6, 6.07) is 8.56. The van der Waals surface area contributed by atoms with Crippen LogP contribution in [0.1, 0.15) is 32.4 Å². The summed E-state index contributed by atoms with van der Waals surface area (Å²) >= 11 is 6.01. The van der Waals surface area contributed by atoms with Gasteiger partial charge in [0.15, 0.2) is 0 Å². The minimum absolute atomic E-state index is 0.188. The maximum atomic E-state index is 6.01. The molecule has 0 saturated carbocycles. The Labute approximate surface area is 120 Å². The molecular weight excluding hydrogens is 258 g/mol. The Morgan fingerprint density at radius 2 is 2.11 bits per heavy atom. The highest BCUT2D eigenvalue weighted by molar-refractivity contribution is 6.30. The third-order valence-electron chi connectivity index (χ3n) is 3.20.